The first-order valence-electron chi connectivity index (χ1n) is 10.3. The molecule has 0 aliphatic rings. The number of nitrogens with zero attached hydrogens (tertiary/aromatic N) is 2. The first-order chi connectivity index (χ1) is 16.0. The number of ether oxygens (including phenoxy) is 2. The molecule has 0 radical (unpaired) electrons. The van der Waals surface area contributed by atoms with Gasteiger partial charge in [0.25, 0.3) is 0 Å². The lowest BCUT2D eigenvalue weighted by atomic mass is 9.86. The van der Waals surface area contributed by atoms with Crippen molar-refractivity contribution in [2.75, 3.05) is 12.4 Å². The standard InChI is InChI=1S/C24H22BrF3N4O2/c1-23(2,3)14-7-5-6-8-18(14)34-21-16(9-10-19(31-21)33-4)29-22-30-17-12-13(24(26,27)28)11-15(25)20(17)32-22/h5-12H,1-4H3,(H2,29,30,32). The predicted molar refractivity (Wildman–Crippen MR) is 128 cm³/mol. The van der Waals surface area contributed by atoms with Crippen LogP contribution in [0.4, 0.5) is 24.8 Å². The van der Waals surface area contributed by atoms with Gasteiger partial charge in [0.2, 0.25) is 17.7 Å². The van der Waals surface area contributed by atoms with Crippen molar-refractivity contribution < 1.29 is 22.6 Å². The third-order valence-electron chi connectivity index (χ3n) is 5.07. The number of hydrogen-bond donors (Lipinski definition) is 2. The molecule has 2 heterocycles. The summed E-state index contributed by atoms with van der Waals surface area (Å²) in [6.45, 7) is 6.23. The van der Waals surface area contributed by atoms with Gasteiger partial charge in [0.15, 0.2) is 0 Å². The quantitative estimate of drug-likeness (QED) is 0.276. The Morgan fingerprint density at radius 2 is 1.74 bits per heavy atom. The topological polar surface area (TPSA) is 72.1 Å². The van der Waals surface area contributed by atoms with Gasteiger partial charge in [-0.3, -0.25) is 0 Å². The number of halogens is 4. The third-order valence-corrected chi connectivity index (χ3v) is 5.67. The van der Waals surface area contributed by atoms with Crippen LogP contribution in [0.5, 0.6) is 17.5 Å². The molecule has 0 saturated carbocycles. The van der Waals surface area contributed by atoms with Crippen LogP contribution in [0.1, 0.15) is 31.9 Å². The van der Waals surface area contributed by atoms with Gasteiger partial charge in [-0.05, 0) is 45.6 Å². The number of nitrogens with one attached hydrogen (secondary N) is 2. The fourth-order valence-corrected chi connectivity index (χ4v) is 3.96. The van der Waals surface area contributed by atoms with E-state index in [0.717, 1.165) is 17.7 Å². The number of alkyl halides is 3. The molecule has 6 nitrogen and oxygen atoms in total. The van der Waals surface area contributed by atoms with Crippen LogP contribution in [-0.4, -0.2) is 22.1 Å². The maximum Gasteiger partial charge on any atom is 0.416 e. The molecule has 0 aliphatic carbocycles. The van der Waals surface area contributed by atoms with Gasteiger partial charge in [0.1, 0.15) is 17.0 Å². The van der Waals surface area contributed by atoms with E-state index in [1.54, 1.807) is 12.1 Å². The monoisotopic (exact) mass is 534 g/mol. The molecule has 34 heavy (non-hydrogen) atoms. The van der Waals surface area contributed by atoms with Crippen LogP contribution in [0.15, 0.2) is 53.0 Å². The average Bonchev–Trinajstić information content (AvgIpc) is 3.17. The number of aromatic amines is 1. The summed E-state index contributed by atoms with van der Waals surface area (Å²) >= 11 is 3.18. The van der Waals surface area contributed by atoms with Gasteiger partial charge in [0.05, 0.1) is 18.2 Å². The van der Waals surface area contributed by atoms with Crippen LogP contribution in [-0.2, 0) is 11.6 Å². The number of methoxy groups -OCH3 is 1. The molecule has 0 bridgehead atoms. The summed E-state index contributed by atoms with van der Waals surface area (Å²) in [7, 11) is 1.50. The van der Waals surface area contributed by atoms with Crippen molar-refractivity contribution in [3.63, 3.8) is 0 Å². The number of anilines is 2. The molecule has 4 rings (SSSR count). The number of hydrogen-bond acceptors (Lipinski definition) is 5. The zero-order valence-electron chi connectivity index (χ0n) is 18.8. The van der Waals surface area contributed by atoms with E-state index in [1.807, 2.05) is 24.3 Å². The normalized spacial score (nSPS) is 12.1. The van der Waals surface area contributed by atoms with Crippen molar-refractivity contribution in [1.29, 1.82) is 0 Å². The Labute approximate surface area is 202 Å². The molecule has 0 unspecified atom stereocenters. The minimum atomic E-state index is -4.48. The van der Waals surface area contributed by atoms with E-state index < -0.39 is 11.7 Å². The Hall–Kier alpha value is -3.27. The van der Waals surface area contributed by atoms with Crippen LogP contribution in [0.2, 0.25) is 0 Å². The van der Waals surface area contributed by atoms with Gasteiger partial charge in [-0.2, -0.15) is 18.2 Å². The lowest BCUT2D eigenvalue weighted by molar-refractivity contribution is -0.137. The van der Waals surface area contributed by atoms with E-state index in [9.17, 15) is 13.2 Å². The molecule has 0 amide bonds. The summed E-state index contributed by atoms with van der Waals surface area (Å²) < 4.78 is 51.2. The highest BCUT2D eigenvalue weighted by Gasteiger charge is 2.31. The maximum atomic E-state index is 13.2. The second-order valence-electron chi connectivity index (χ2n) is 8.62. The highest BCUT2D eigenvalue weighted by Crippen LogP contribution is 2.38. The van der Waals surface area contributed by atoms with Crippen molar-refractivity contribution in [2.24, 2.45) is 0 Å². The van der Waals surface area contributed by atoms with Crippen molar-refractivity contribution >= 4 is 38.6 Å². The van der Waals surface area contributed by atoms with Crippen molar-refractivity contribution in [2.45, 2.75) is 32.4 Å². The molecule has 178 valence electrons. The Morgan fingerprint density at radius 1 is 1.00 bits per heavy atom. The minimum absolute atomic E-state index is 0.176. The zero-order valence-corrected chi connectivity index (χ0v) is 20.4. The second-order valence-corrected chi connectivity index (χ2v) is 9.47. The molecule has 0 saturated heterocycles. The smallest absolute Gasteiger partial charge is 0.416 e. The third kappa shape index (κ3) is 4.96. The van der Waals surface area contributed by atoms with E-state index in [2.05, 4.69) is 57.0 Å². The van der Waals surface area contributed by atoms with Crippen molar-refractivity contribution in [3.8, 4) is 17.5 Å². The Morgan fingerprint density at radius 3 is 2.41 bits per heavy atom. The Kier molecular flexibility index (Phi) is 6.20. The largest absolute Gasteiger partial charge is 0.481 e. The minimum Gasteiger partial charge on any atom is -0.481 e. The van der Waals surface area contributed by atoms with Crippen LogP contribution < -0.4 is 14.8 Å². The van der Waals surface area contributed by atoms with Crippen molar-refractivity contribution in [3.05, 3.63) is 64.1 Å². The SMILES string of the molecule is COc1ccc(Nc2nc3c(Br)cc(C(F)(F)F)cc3[nH]2)c(Oc2ccccc2C(C)(C)C)n1. The lowest BCUT2D eigenvalue weighted by Gasteiger charge is -2.23. The highest BCUT2D eigenvalue weighted by molar-refractivity contribution is 9.10. The van der Waals surface area contributed by atoms with Crippen LogP contribution in [0.3, 0.4) is 0 Å². The Bertz CT molecular complexity index is 1350. The molecule has 2 aromatic heterocycles. The van der Waals surface area contributed by atoms with E-state index in [4.69, 9.17) is 9.47 Å². The second kappa shape index (κ2) is 8.83. The van der Waals surface area contributed by atoms with E-state index in [0.29, 0.717) is 22.8 Å². The predicted octanol–water partition coefficient (Wildman–Crippen LogP) is 7.58. The molecule has 2 N–H and O–H groups in total. The number of para-hydroxylation sites is 1. The Balaban J connectivity index is 1.73. The number of benzene rings is 2. The number of fused-ring (bicyclic) bond motifs is 1. The lowest BCUT2D eigenvalue weighted by Crippen LogP contribution is -2.12. The molecule has 4 aromatic rings. The van der Waals surface area contributed by atoms with Crippen LogP contribution in [0, 0.1) is 0 Å². The van der Waals surface area contributed by atoms with Gasteiger partial charge < -0.3 is 19.8 Å². The van der Waals surface area contributed by atoms with Crippen LogP contribution in [0.25, 0.3) is 11.0 Å². The molecule has 0 aliphatic heterocycles. The first kappa shape index (κ1) is 23.9. The average molecular weight is 535 g/mol. The van der Waals surface area contributed by atoms with Gasteiger partial charge in [-0.25, -0.2) is 4.98 Å². The molecule has 2 aromatic carbocycles. The van der Waals surface area contributed by atoms with Crippen molar-refractivity contribution in [1.82, 2.24) is 15.0 Å². The fourth-order valence-electron chi connectivity index (χ4n) is 3.42. The molecule has 10 heteroatoms. The van der Waals surface area contributed by atoms with Gasteiger partial charge >= 0.3 is 6.18 Å². The number of pyridine rings is 1. The summed E-state index contributed by atoms with van der Waals surface area (Å²) in [5.41, 5.74) is 1.07. The van der Waals surface area contributed by atoms with Gasteiger partial charge in [-0.1, -0.05) is 39.0 Å². The van der Waals surface area contributed by atoms with E-state index in [-0.39, 0.29) is 27.2 Å². The molecule has 0 spiro atoms. The summed E-state index contributed by atoms with van der Waals surface area (Å²) in [5, 5.41) is 3.07. The summed E-state index contributed by atoms with van der Waals surface area (Å²) in [5.74, 6) is 1.43. The fraction of sp³-hybridized carbons (Fsp3) is 0.250. The summed E-state index contributed by atoms with van der Waals surface area (Å²) in [6, 6.07) is 13.0. The zero-order chi connectivity index (χ0) is 24.7. The summed E-state index contributed by atoms with van der Waals surface area (Å²) in [6.07, 6.45) is -4.48. The summed E-state index contributed by atoms with van der Waals surface area (Å²) in [4.78, 5) is 11.7. The number of imidazole rings is 1. The van der Waals surface area contributed by atoms with Gasteiger partial charge in [-0.15, -0.1) is 0 Å². The molecular formula is C24H22BrF3N4O2. The van der Waals surface area contributed by atoms with Gasteiger partial charge in [0, 0.05) is 16.1 Å². The first-order valence-corrected chi connectivity index (χ1v) is 11.1. The number of H-pyrrole nitrogens is 1. The molecule has 0 atom stereocenters. The number of aromatic nitrogens is 3. The maximum absolute atomic E-state index is 13.2. The van der Waals surface area contributed by atoms with Crippen LogP contribution >= 0.6 is 15.9 Å². The molecule has 0 fully saturated rings. The van der Waals surface area contributed by atoms with E-state index >= 15 is 0 Å². The van der Waals surface area contributed by atoms with E-state index in [1.165, 1.54) is 7.11 Å². The highest BCUT2D eigenvalue weighted by atomic mass is 79.9. The molecular weight excluding hydrogens is 513 g/mol. The number of rotatable bonds is 5.